The molecule has 16 heavy (non-hydrogen) atoms. The van der Waals surface area contributed by atoms with E-state index < -0.39 is 19.8 Å². The van der Waals surface area contributed by atoms with Crippen LogP contribution in [0.1, 0.15) is 30.4 Å². The van der Waals surface area contributed by atoms with Gasteiger partial charge in [0.25, 0.3) is 5.24 Å². The highest BCUT2D eigenvalue weighted by atomic mass is 35.5. The monoisotopic (exact) mass is 300 g/mol. The van der Waals surface area contributed by atoms with Gasteiger partial charge in [-0.05, 0) is 32.4 Å². The van der Waals surface area contributed by atoms with Crippen LogP contribution in [0.4, 0.5) is 0 Å². The van der Waals surface area contributed by atoms with Gasteiger partial charge >= 0.3 is 0 Å². The molecule has 0 saturated heterocycles. The summed E-state index contributed by atoms with van der Waals surface area (Å²) in [7, 11) is -3.55. The lowest BCUT2D eigenvalue weighted by Crippen LogP contribution is -2.27. The van der Waals surface area contributed by atoms with E-state index in [1.807, 2.05) is 0 Å². The zero-order valence-electron chi connectivity index (χ0n) is 8.87. The van der Waals surface area contributed by atoms with Crippen LogP contribution in [0, 0.1) is 0 Å². The van der Waals surface area contributed by atoms with Gasteiger partial charge in [-0.15, -0.1) is 11.3 Å². The van der Waals surface area contributed by atoms with Crippen LogP contribution in [-0.2, 0) is 9.84 Å². The summed E-state index contributed by atoms with van der Waals surface area (Å²) in [4.78, 5) is 11.0. The summed E-state index contributed by atoms with van der Waals surface area (Å²) in [5.41, 5.74) is 0. The van der Waals surface area contributed by atoms with Crippen molar-refractivity contribution in [1.82, 2.24) is 0 Å². The van der Waals surface area contributed by atoms with Gasteiger partial charge in [0.15, 0.2) is 9.84 Å². The average Bonchev–Trinajstić information content (AvgIpc) is 2.44. The largest absolute Gasteiger partial charge is 0.275 e. The summed E-state index contributed by atoms with van der Waals surface area (Å²) in [6, 6.07) is 0. The first-order chi connectivity index (χ1) is 7.09. The number of carbonyl (C=O) groups excluding carboxylic acids is 1. The zero-order chi connectivity index (χ0) is 12.7. The Balaban J connectivity index is 3.43. The van der Waals surface area contributed by atoms with Crippen molar-refractivity contribution >= 4 is 49.6 Å². The maximum Gasteiger partial charge on any atom is 0.263 e. The fourth-order valence-corrected chi connectivity index (χ4v) is 4.25. The molecule has 0 spiro atoms. The third-order valence-electron chi connectivity index (χ3n) is 1.97. The Morgan fingerprint density at radius 1 is 1.38 bits per heavy atom. The quantitative estimate of drug-likeness (QED) is 0.787. The highest BCUT2D eigenvalue weighted by Crippen LogP contribution is 2.37. The van der Waals surface area contributed by atoms with Gasteiger partial charge in [0.1, 0.15) is 4.88 Å². The third kappa shape index (κ3) is 2.27. The second-order valence-electron chi connectivity index (χ2n) is 4.13. The van der Waals surface area contributed by atoms with Crippen LogP contribution >= 0.6 is 34.5 Å². The standard InChI is InChI=1S/C9H10Cl2O3S2/c1-9(2,3)16(13,14)5-4-15-7(6(5)10)8(11)12/h4H,1-3H3. The Bertz CT molecular complexity index is 523. The van der Waals surface area contributed by atoms with E-state index in [2.05, 4.69) is 0 Å². The fraction of sp³-hybridized carbons (Fsp3) is 0.444. The number of carbonyl (C=O) groups is 1. The molecule has 1 rings (SSSR count). The van der Waals surface area contributed by atoms with Crippen molar-refractivity contribution in [3.05, 3.63) is 15.3 Å². The van der Waals surface area contributed by atoms with Gasteiger partial charge in [-0.2, -0.15) is 0 Å². The summed E-state index contributed by atoms with van der Waals surface area (Å²) in [5.74, 6) is 0. The minimum absolute atomic E-state index is 0.0318. The molecule has 3 nitrogen and oxygen atoms in total. The van der Waals surface area contributed by atoms with Crippen LogP contribution in [0.25, 0.3) is 0 Å². The van der Waals surface area contributed by atoms with E-state index in [4.69, 9.17) is 23.2 Å². The van der Waals surface area contributed by atoms with Crippen molar-refractivity contribution in [2.45, 2.75) is 30.4 Å². The van der Waals surface area contributed by atoms with E-state index in [1.165, 1.54) is 5.38 Å². The lowest BCUT2D eigenvalue weighted by molar-refractivity contribution is 0.108. The molecular weight excluding hydrogens is 291 g/mol. The van der Waals surface area contributed by atoms with Gasteiger partial charge in [0.05, 0.1) is 14.7 Å². The third-order valence-corrected chi connectivity index (χ3v) is 6.53. The highest BCUT2D eigenvalue weighted by molar-refractivity contribution is 7.93. The van der Waals surface area contributed by atoms with Crippen molar-refractivity contribution in [1.29, 1.82) is 0 Å². The summed E-state index contributed by atoms with van der Waals surface area (Å²) in [6.45, 7) is 4.70. The Kier molecular flexibility index (Phi) is 3.75. The predicted molar refractivity (Wildman–Crippen MR) is 66.5 cm³/mol. The second-order valence-corrected chi connectivity index (χ2v) is 8.40. The summed E-state index contributed by atoms with van der Waals surface area (Å²) >= 11 is 12.0. The number of halogens is 2. The maximum atomic E-state index is 12.1. The molecule has 0 bridgehead atoms. The van der Waals surface area contributed by atoms with E-state index in [0.29, 0.717) is 0 Å². The van der Waals surface area contributed by atoms with Crippen LogP contribution < -0.4 is 0 Å². The summed E-state index contributed by atoms with van der Waals surface area (Å²) < 4.78 is 23.2. The van der Waals surface area contributed by atoms with Crippen molar-refractivity contribution in [3.63, 3.8) is 0 Å². The normalized spacial score (nSPS) is 12.8. The molecule has 1 aromatic rings. The van der Waals surface area contributed by atoms with E-state index >= 15 is 0 Å². The number of thiophene rings is 1. The van der Waals surface area contributed by atoms with Gasteiger partial charge in [-0.1, -0.05) is 11.6 Å². The van der Waals surface area contributed by atoms with E-state index in [0.717, 1.165) is 11.3 Å². The van der Waals surface area contributed by atoms with Crippen molar-refractivity contribution in [2.75, 3.05) is 0 Å². The molecule has 0 amide bonds. The molecule has 0 fully saturated rings. The van der Waals surface area contributed by atoms with Crippen molar-refractivity contribution in [2.24, 2.45) is 0 Å². The van der Waals surface area contributed by atoms with Crippen LogP contribution in [0.5, 0.6) is 0 Å². The van der Waals surface area contributed by atoms with Crippen LogP contribution in [0.2, 0.25) is 5.02 Å². The molecule has 7 heteroatoms. The van der Waals surface area contributed by atoms with E-state index in [-0.39, 0.29) is 14.8 Å². The molecule has 0 radical (unpaired) electrons. The summed E-state index contributed by atoms with van der Waals surface area (Å²) in [6.07, 6.45) is 0. The first-order valence-corrected chi connectivity index (χ1v) is 7.42. The Morgan fingerprint density at radius 3 is 2.19 bits per heavy atom. The van der Waals surface area contributed by atoms with E-state index in [1.54, 1.807) is 20.8 Å². The minimum atomic E-state index is -3.55. The molecule has 0 aliphatic carbocycles. The SMILES string of the molecule is CC(C)(C)S(=O)(=O)c1csc(C(=O)Cl)c1Cl. The molecule has 0 unspecified atom stereocenters. The smallest absolute Gasteiger partial charge is 0.263 e. The summed E-state index contributed by atoms with van der Waals surface area (Å²) in [5, 5.41) is 0.517. The number of hydrogen-bond donors (Lipinski definition) is 0. The Hall–Kier alpha value is -0.100. The van der Waals surface area contributed by atoms with Gasteiger partial charge < -0.3 is 0 Å². The zero-order valence-corrected chi connectivity index (χ0v) is 12.0. The number of sulfone groups is 1. The fourth-order valence-electron chi connectivity index (χ4n) is 0.972. The topological polar surface area (TPSA) is 51.2 Å². The van der Waals surface area contributed by atoms with Gasteiger partial charge in [-0.3, -0.25) is 4.79 Å². The molecule has 0 aliphatic heterocycles. The molecule has 1 heterocycles. The molecular formula is C9H10Cl2O3S2. The molecule has 90 valence electrons. The van der Waals surface area contributed by atoms with Crippen LogP contribution in [0.15, 0.2) is 10.3 Å². The molecule has 0 atom stereocenters. The van der Waals surface area contributed by atoms with Crippen LogP contribution in [0.3, 0.4) is 0 Å². The first kappa shape index (κ1) is 14.0. The molecule has 1 aromatic heterocycles. The average molecular weight is 301 g/mol. The van der Waals surface area contributed by atoms with Crippen molar-refractivity contribution < 1.29 is 13.2 Å². The van der Waals surface area contributed by atoms with E-state index in [9.17, 15) is 13.2 Å². The highest BCUT2D eigenvalue weighted by Gasteiger charge is 2.34. The Labute approximate surface area is 108 Å². The van der Waals surface area contributed by atoms with Crippen molar-refractivity contribution in [3.8, 4) is 0 Å². The van der Waals surface area contributed by atoms with Gasteiger partial charge in [-0.25, -0.2) is 8.42 Å². The van der Waals surface area contributed by atoms with Gasteiger partial charge in [0.2, 0.25) is 0 Å². The first-order valence-electron chi connectivity index (χ1n) is 4.30. The maximum absolute atomic E-state index is 12.1. The number of hydrogen-bond acceptors (Lipinski definition) is 4. The van der Waals surface area contributed by atoms with Crippen LogP contribution in [-0.4, -0.2) is 18.4 Å². The Morgan fingerprint density at radius 2 is 1.88 bits per heavy atom. The second kappa shape index (κ2) is 4.29. The lowest BCUT2D eigenvalue weighted by atomic mass is 10.3. The molecule has 0 N–H and O–H groups in total. The van der Waals surface area contributed by atoms with Gasteiger partial charge in [0, 0.05) is 5.38 Å². The number of rotatable bonds is 2. The predicted octanol–water partition coefficient (Wildman–Crippen LogP) is 3.35. The molecule has 0 saturated carbocycles. The molecule has 0 aliphatic rings. The lowest BCUT2D eigenvalue weighted by Gasteiger charge is -2.18. The minimum Gasteiger partial charge on any atom is -0.275 e. The molecule has 0 aromatic carbocycles.